The van der Waals surface area contributed by atoms with E-state index in [9.17, 15) is 4.79 Å². The smallest absolute Gasteiger partial charge is 0.251 e. The Kier molecular flexibility index (Phi) is 4.61. The first kappa shape index (κ1) is 16.0. The van der Waals surface area contributed by atoms with E-state index in [2.05, 4.69) is 15.1 Å². The van der Waals surface area contributed by atoms with Crippen molar-refractivity contribution in [3.05, 3.63) is 42.5 Å². The first-order valence-electron chi connectivity index (χ1n) is 8.86. The van der Waals surface area contributed by atoms with Gasteiger partial charge in [0.25, 0.3) is 5.91 Å². The van der Waals surface area contributed by atoms with Gasteiger partial charge >= 0.3 is 0 Å². The van der Waals surface area contributed by atoms with Crippen molar-refractivity contribution in [2.24, 2.45) is 0 Å². The number of piperazine rings is 1. The number of hydrogen-bond acceptors (Lipinski definition) is 5. The minimum Gasteiger partial charge on any atom is -0.368 e. The summed E-state index contributed by atoms with van der Waals surface area (Å²) in [7, 11) is 0. The maximum atomic E-state index is 12.4. The van der Waals surface area contributed by atoms with E-state index in [1.807, 2.05) is 47.4 Å². The predicted octanol–water partition coefficient (Wildman–Crippen LogP) is 1.97. The van der Waals surface area contributed by atoms with Gasteiger partial charge in [0.2, 0.25) is 0 Å². The molecular weight excluding hydrogens is 316 g/mol. The van der Waals surface area contributed by atoms with E-state index in [0.717, 1.165) is 43.0 Å². The van der Waals surface area contributed by atoms with Gasteiger partial charge < -0.3 is 14.5 Å². The Labute approximate surface area is 147 Å². The Bertz CT molecular complexity index is 706. The van der Waals surface area contributed by atoms with Crippen LogP contribution in [0.1, 0.15) is 12.8 Å². The first-order valence-corrected chi connectivity index (χ1v) is 8.86. The molecule has 1 atom stereocenters. The molecule has 0 spiro atoms. The van der Waals surface area contributed by atoms with Crippen LogP contribution < -0.4 is 4.90 Å². The topological polar surface area (TPSA) is 58.6 Å². The van der Waals surface area contributed by atoms with Crippen molar-refractivity contribution >= 4 is 11.7 Å². The molecule has 6 heteroatoms. The Balaban J connectivity index is 1.37. The molecule has 2 aliphatic rings. The molecule has 2 fully saturated rings. The van der Waals surface area contributed by atoms with Crippen LogP contribution in [-0.2, 0) is 9.53 Å². The lowest BCUT2D eigenvalue weighted by Crippen LogP contribution is -2.51. The molecule has 4 rings (SSSR count). The van der Waals surface area contributed by atoms with Crippen molar-refractivity contribution in [2.75, 3.05) is 37.7 Å². The molecule has 25 heavy (non-hydrogen) atoms. The first-order chi connectivity index (χ1) is 12.3. The summed E-state index contributed by atoms with van der Waals surface area (Å²) in [6.45, 7) is 3.68. The van der Waals surface area contributed by atoms with Crippen molar-refractivity contribution in [3.63, 3.8) is 0 Å². The summed E-state index contributed by atoms with van der Waals surface area (Å²) in [5.74, 6) is 1.01. The van der Waals surface area contributed by atoms with Crippen molar-refractivity contribution in [3.8, 4) is 11.3 Å². The number of nitrogens with zero attached hydrogens (tertiary/aromatic N) is 4. The molecule has 130 valence electrons. The maximum Gasteiger partial charge on any atom is 0.251 e. The molecule has 1 aromatic heterocycles. The fourth-order valence-corrected chi connectivity index (χ4v) is 3.39. The highest BCUT2D eigenvalue weighted by atomic mass is 16.5. The highest BCUT2D eigenvalue weighted by Gasteiger charge is 2.30. The van der Waals surface area contributed by atoms with Gasteiger partial charge in [-0.05, 0) is 25.0 Å². The molecule has 0 bridgehead atoms. The van der Waals surface area contributed by atoms with Crippen LogP contribution in [0.3, 0.4) is 0 Å². The van der Waals surface area contributed by atoms with E-state index in [0.29, 0.717) is 19.7 Å². The Morgan fingerprint density at radius 3 is 2.44 bits per heavy atom. The number of hydrogen-bond donors (Lipinski definition) is 0. The van der Waals surface area contributed by atoms with Crippen molar-refractivity contribution in [2.45, 2.75) is 18.9 Å². The molecule has 0 radical (unpaired) electrons. The fourth-order valence-electron chi connectivity index (χ4n) is 3.39. The summed E-state index contributed by atoms with van der Waals surface area (Å²) in [6, 6.07) is 14.0. The number of amides is 1. The number of carbonyl (C=O) groups excluding carboxylic acids is 1. The van der Waals surface area contributed by atoms with Crippen LogP contribution in [0.2, 0.25) is 0 Å². The quantitative estimate of drug-likeness (QED) is 0.856. The lowest BCUT2D eigenvalue weighted by molar-refractivity contribution is -0.141. The number of rotatable bonds is 3. The number of anilines is 1. The fraction of sp³-hybridized carbons (Fsp3) is 0.421. The summed E-state index contributed by atoms with van der Waals surface area (Å²) in [5, 5.41) is 8.72. The van der Waals surface area contributed by atoms with E-state index >= 15 is 0 Å². The van der Waals surface area contributed by atoms with Crippen LogP contribution in [0, 0.1) is 0 Å². The third-order valence-corrected chi connectivity index (χ3v) is 4.84. The molecule has 0 saturated carbocycles. The minimum atomic E-state index is -0.225. The number of aromatic nitrogens is 2. The second-order valence-electron chi connectivity index (χ2n) is 6.46. The molecule has 1 unspecified atom stereocenters. The molecule has 1 aromatic carbocycles. The normalized spacial score (nSPS) is 20.7. The monoisotopic (exact) mass is 338 g/mol. The van der Waals surface area contributed by atoms with Gasteiger partial charge in [0.05, 0.1) is 5.69 Å². The van der Waals surface area contributed by atoms with Crippen LogP contribution in [0.4, 0.5) is 5.82 Å². The van der Waals surface area contributed by atoms with Crippen molar-refractivity contribution in [1.29, 1.82) is 0 Å². The zero-order valence-corrected chi connectivity index (χ0v) is 14.2. The van der Waals surface area contributed by atoms with E-state index in [1.54, 1.807) is 0 Å². The van der Waals surface area contributed by atoms with Crippen LogP contribution in [0.25, 0.3) is 11.3 Å². The molecule has 0 N–H and O–H groups in total. The third-order valence-electron chi connectivity index (χ3n) is 4.84. The van der Waals surface area contributed by atoms with E-state index < -0.39 is 0 Å². The zero-order chi connectivity index (χ0) is 17.1. The van der Waals surface area contributed by atoms with Gasteiger partial charge in [-0.1, -0.05) is 30.3 Å². The molecule has 1 amide bonds. The number of benzene rings is 1. The summed E-state index contributed by atoms with van der Waals surface area (Å²) in [6.07, 6.45) is 1.61. The average molecular weight is 338 g/mol. The second-order valence-corrected chi connectivity index (χ2v) is 6.46. The van der Waals surface area contributed by atoms with Gasteiger partial charge in [0.1, 0.15) is 6.10 Å². The molecule has 2 aromatic rings. The van der Waals surface area contributed by atoms with Gasteiger partial charge in [-0.2, -0.15) is 0 Å². The lowest BCUT2D eigenvalue weighted by atomic mass is 10.1. The van der Waals surface area contributed by atoms with Gasteiger partial charge in [-0.25, -0.2) is 0 Å². The lowest BCUT2D eigenvalue weighted by Gasteiger charge is -2.36. The standard InChI is InChI=1S/C19H22N4O2/c24-19(17-7-4-14-25-17)23-12-10-22(11-13-23)18-9-8-16(20-21-18)15-5-2-1-3-6-15/h1-3,5-6,8-9,17H,4,7,10-14H2. The zero-order valence-electron chi connectivity index (χ0n) is 14.2. The van der Waals surface area contributed by atoms with E-state index in [1.165, 1.54) is 0 Å². The highest BCUT2D eigenvalue weighted by Crippen LogP contribution is 2.20. The highest BCUT2D eigenvalue weighted by molar-refractivity contribution is 5.81. The summed E-state index contributed by atoms with van der Waals surface area (Å²) >= 11 is 0. The Morgan fingerprint density at radius 2 is 1.80 bits per heavy atom. The van der Waals surface area contributed by atoms with Gasteiger partial charge in [0, 0.05) is 38.3 Å². The maximum absolute atomic E-state index is 12.4. The summed E-state index contributed by atoms with van der Waals surface area (Å²) in [5.41, 5.74) is 1.94. The molecule has 2 aliphatic heterocycles. The molecular formula is C19H22N4O2. The van der Waals surface area contributed by atoms with Crippen molar-refractivity contribution in [1.82, 2.24) is 15.1 Å². The van der Waals surface area contributed by atoms with Gasteiger partial charge in [-0.3, -0.25) is 4.79 Å². The Morgan fingerprint density at radius 1 is 1.00 bits per heavy atom. The largest absolute Gasteiger partial charge is 0.368 e. The van der Waals surface area contributed by atoms with Crippen LogP contribution >= 0.6 is 0 Å². The third kappa shape index (κ3) is 3.49. The second kappa shape index (κ2) is 7.19. The molecule has 3 heterocycles. The SMILES string of the molecule is O=C(C1CCCO1)N1CCN(c2ccc(-c3ccccc3)nn2)CC1. The summed E-state index contributed by atoms with van der Waals surface area (Å²) < 4.78 is 5.51. The molecule has 0 aliphatic carbocycles. The van der Waals surface area contributed by atoms with E-state index in [-0.39, 0.29) is 12.0 Å². The van der Waals surface area contributed by atoms with E-state index in [4.69, 9.17) is 4.74 Å². The van der Waals surface area contributed by atoms with Crippen LogP contribution in [0.5, 0.6) is 0 Å². The number of carbonyl (C=O) groups is 1. The minimum absolute atomic E-state index is 0.141. The number of ether oxygens (including phenoxy) is 1. The Hall–Kier alpha value is -2.47. The molecule has 6 nitrogen and oxygen atoms in total. The van der Waals surface area contributed by atoms with Crippen LogP contribution in [-0.4, -0.2) is 59.9 Å². The molecule has 2 saturated heterocycles. The van der Waals surface area contributed by atoms with Gasteiger partial charge in [0.15, 0.2) is 5.82 Å². The predicted molar refractivity (Wildman–Crippen MR) is 95.2 cm³/mol. The summed E-state index contributed by atoms with van der Waals surface area (Å²) in [4.78, 5) is 16.5. The van der Waals surface area contributed by atoms with Crippen LogP contribution in [0.15, 0.2) is 42.5 Å². The van der Waals surface area contributed by atoms with Gasteiger partial charge in [-0.15, -0.1) is 10.2 Å². The average Bonchev–Trinajstić information content (AvgIpc) is 3.23. The van der Waals surface area contributed by atoms with Crippen molar-refractivity contribution < 1.29 is 9.53 Å².